The summed E-state index contributed by atoms with van der Waals surface area (Å²) in [6, 6.07) is 6.80. The monoisotopic (exact) mass is 393 g/mol. The molecule has 1 aromatic rings. The molecule has 1 aromatic carbocycles. The predicted octanol–water partition coefficient (Wildman–Crippen LogP) is 0.990. The first-order chi connectivity index (χ1) is 12.8. The molecule has 2 aliphatic rings. The summed E-state index contributed by atoms with van der Waals surface area (Å²) in [6.07, 6.45) is 1.18. The minimum atomic E-state index is -3.53. The van der Waals surface area contributed by atoms with E-state index < -0.39 is 10.0 Å². The number of piperazine rings is 1. The highest BCUT2D eigenvalue weighted by Gasteiger charge is 2.38. The summed E-state index contributed by atoms with van der Waals surface area (Å²) in [6.45, 7) is 5.60. The molecule has 1 heterocycles. The van der Waals surface area contributed by atoms with Crippen molar-refractivity contribution in [1.29, 1.82) is 0 Å². The van der Waals surface area contributed by atoms with Gasteiger partial charge in [0.05, 0.1) is 4.90 Å². The maximum atomic E-state index is 12.7. The molecule has 2 atom stereocenters. The number of hydrogen-bond acceptors (Lipinski definition) is 4. The molecule has 1 aliphatic heterocycles. The third-order valence-electron chi connectivity index (χ3n) is 5.33. The van der Waals surface area contributed by atoms with Gasteiger partial charge in [-0.15, -0.1) is 0 Å². The molecule has 2 unspecified atom stereocenters. The molecule has 2 fully saturated rings. The van der Waals surface area contributed by atoms with Crippen molar-refractivity contribution in [3.8, 4) is 0 Å². The van der Waals surface area contributed by atoms with Gasteiger partial charge in [0.15, 0.2) is 0 Å². The van der Waals surface area contributed by atoms with E-state index in [2.05, 4.69) is 5.32 Å². The third kappa shape index (κ3) is 4.68. The average molecular weight is 394 g/mol. The van der Waals surface area contributed by atoms with Crippen LogP contribution in [0.25, 0.3) is 0 Å². The van der Waals surface area contributed by atoms with Crippen molar-refractivity contribution in [3.05, 3.63) is 29.8 Å². The smallest absolute Gasteiger partial charge is 0.243 e. The van der Waals surface area contributed by atoms with Crippen molar-refractivity contribution in [2.24, 2.45) is 11.8 Å². The van der Waals surface area contributed by atoms with E-state index in [1.54, 1.807) is 29.2 Å². The summed E-state index contributed by atoms with van der Waals surface area (Å²) < 4.78 is 26.8. The van der Waals surface area contributed by atoms with Gasteiger partial charge < -0.3 is 10.2 Å². The zero-order chi connectivity index (χ0) is 19.6. The van der Waals surface area contributed by atoms with E-state index in [0.717, 1.165) is 12.0 Å². The molecule has 0 spiro atoms. The molecule has 1 aliphatic carbocycles. The van der Waals surface area contributed by atoms with Gasteiger partial charge in [-0.05, 0) is 31.4 Å². The van der Waals surface area contributed by atoms with Gasteiger partial charge >= 0.3 is 0 Å². The van der Waals surface area contributed by atoms with Crippen LogP contribution in [0.1, 0.15) is 25.3 Å². The topological polar surface area (TPSA) is 86.8 Å². The molecule has 3 rings (SSSR count). The van der Waals surface area contributed by atoms with Crippen molar-refractivity contribution in [3.63, 3.8) is 0 Å². The first-order valence-electron chi connectivity index (χ1n) is 9.41. The second-order valence-electron chi connectivity index (χ2n) is 7.46. The van der Waals surface area contributed by atoms with Crippen LogP contribution in [-0.2, 0) is 19.6 Å². The molecule has 148 valence electrons. The molecule has 1 saturated carbocycles. The van der Waals surface area contributed by atoms with Crippen LogP contribution < -0.4 is 5.32 Å². The van der Waals surface area contributed by atoms with E-state index in [0.29, 0.717) is 25.6 Å². The van der Waals surface area contributed by atoms with Crippen molar-refractivity contribution in [1.82, 2.24) is 14.5 Å². The van der Waals surface area contributed by atoms with Gasteiger partial charge in [-0.25, -0.2) is 8.42 Å². The number of benzene rings is 1. The Kier molecular flexibility index (Phi) is 5.86. The maximum absolute atomic E-state index is 12.7. The highest BCUT2D eigenvalue weighted by atomic mass is 32.2. The lowest BCUT2D eigenvalue weighted by atomic mass is 10.2. The van der Waals surface area contributed by atoms with E-state index in [4.69, 9.17) is 0 Å². The van der Waals surface area contributed by atoms with Crippen LogP contribution >= 0.6 is 0 Å². The second-order valence-corrected chi connectivity index (χ2v) is 9.40. The number of amides is 2. The summed E-state index contributed by atoms with van der Waals surface area (Å²) in [5, 5.41) is 2.81. The van der Waals surface area contributed by atoms with Gasteiger partial charge in [0.25, 0.3) is 0 Å². The van der Waals surface area contributed by atoms with E-state index in [-0.39, 0.29) is 42.1 Å². The number of nitrogens with zero attached hydrogens (tertiary/aromatic N) is 2. The van der Waals surface area contributed by atoms with Crippen LogP contribution in [0.15, 0.2) is 29.2 Å². The molecule has 2 amide bonds. The Morgan fingerprint density at radius 2 is 1.70 bits per heavy atom. The van der Waals surface area contributed by atoms with Crippen molar-refractivity contribution in [2.45, 2.75) is 31.6 Å². The standard InChI is InChI=1S/C19H27N3O4S/c1-14-3-5-16(6-4-14)27(25,26)22-11-9-21(10-12-22)18(23)7-8-20-19(24)17-13-15(17)2/h3-6,15,17H,7-13H2,1-2H3,(H,20,24). The molecule has 7 nitrogen and oxygen atoms in total. The molecule has 0 bridgehead atoms. The van der Waals surface area contributed by atoms with Gasteiger partial charge in [-0.3, -0.25) is 9.59 Å². The van der Waals surface area contributed by atoms with Gasteiger partial charge in [0, 0.05) is 45.1 Å². The Hall–Kier alpha value is -1.93. The van der Waals surface area contributed by atoms with Gasteiger partial charge in [-0.1, -0.05) is 24.6 Å². The zero-order valence-corrected chi connectivity index (χ0v) is 16.7. The number of rotatable bonds is 6. The number of nitrogens with one attached hydrogen (secondary N) is 1. The summed E-state index contributed by atoms with van der Waals surface area (Å²) in [5.41, 5.74) is 1.01. The van der Waals surface area contributed by atoms with E-state index in [1.807, 2.05) is 13.8 Å². The van der Waals surface area contributed by atoms with Gasteiger partial charge in [0.1, 0.15) is 0 Å². The lowest BCUT2D eigenvalue weighted by molar-refractivity contribution is -0.132. The number of carbonyl (C=O) groups is 2. The Balaban J connectivity index is 1.45. The number of carbonyl (C=O) groups excluding carboxylic acids is 2. The molecule has 0 radical (unpaired) electrons. The Labute approximate surface area is 160 Å². The fourth-order valence-electron chi connectivity index (χ4n) is 3.31. The highest BCUT2D eigenvalue weighted by Crippen LogP contribution is 2.37. The fraction of sp³-hybridized carbons (Fsp3) is 0.579. The molecule has 1 N–H and O–H groups in total. The van der Waals surface area contributed by atoms with Gasteiger partial charge in [0.2, 0.25) is 21.8 Å². The summed E-state index contributed by atoms with van der Waals surface area (Å²) >= 11 is 0. The molecule has 0 aromatic heterocycles. The fourth-order valence-corrected chi connectivity index (χ4v) is 4.73. The molecule has 1 saturated heterocycles. The first kappa shape index (κ1) is 19.8. The lowest BCUT2D eigenvalue weighted by Crippen LogP contribution is -2.50. The maximum Gasteiger partial charge on any atom is 0.243 e. The van der Waals surface area contributed by atoms with Crippen LogP contribution in [0.2, 0.25) is 0 Å². The SMILES string of the molecule is Cc1ccc(S(=O)(=O)N2CCN(C(=O)CCNC(=O)C3CC3C)CC2)cc1. The molecular weight excluding hydrogens is 366 g/mol. The summed E-state index contributed by atoms with van der Waals surface area (Å²) in [7, 11) is -3.53. The Morgan fingerprint density at radius 3 is 2.26 bits per heavy atom. The van der Waals surface area contributed by atoms with Crippen LogP contribution in [0, 0.1) is 18.8 Å². The molecule has 8 heteroatoms. The normalized spacial score (nSPS) is 23.1. The van der Waals surface area contributed by atoms with E-state index in [1.165, 1.54) is 4.31 Å². The van der Waals surface area contributed by atoms with Crippen molar-refractivity contribution < 1.29 is 18.0 Å². The second kappa shape index (κ2) is 7.98. The van der Waals surface area contributed by atoms with Crippen LogP contribution in [-0.4, -0.2) is 62.2 Å². The average Bonchev–Trinajstić information content (AvgIpc) is 3.39. The first-order valence-corrected chi connectivity index (χ1v) is 10.9. The van der Waals surface area contributed by atoms with E-state index in [9.17, 15) is 18.0 Å². The molecule has 27 heavy (non-hydrogen) atoms. The minimum absolute atomic E-state index is 0.0318. The zero-order valence-electron chi connectivity index (χ0n) is 15.8. The number of hydrogen-bond donors (Lipinski definition) is 1. The minimum Gasteiger partial charge on any atom is -0.355 e. The van der Waals surface area contributed by atoms with Crippen molar-refractivity contribution in [2.75, 3.05) is 32.7 Å². The van der Waals surface area contributed by atoms with Crippen LogP contribution in [0.4, 0.5) is 0 Å². The Bertz CT molecular complexity index is 799. The van der Waals surface area contributed by atoms with Crippen molar-refractivity contribution >= 4 is 21.8 Å². The lowest BCUT2D eigenvalue weighted by Gasteiger charge is -2.34. The largest absolute Gasteiger partial charge is 0.355 e. The number of sulfonamides is 1. The summed E-state index contributed by atoms with van der Waals surface area (Å²) in [5.74, 6) is 0.538. The summed E-state index contributed by atoms with van der Waals surface area (Å²) in [4.78, 5) is 26.0. The Morgan fingerprint density at radius 1 is 1.11 bits per heavy atom. The number of aryl methyl sites for hydroxylation is 1. The van der Waals surface area contributed by atoms with Crippen LogP contribution in [0.3, 0.4) is 0 Å². The van der Waals surface area contributed by atoms with Crippen LogP contribution in [0.5, 0.6) is 0 Å². The highest BCUT2D eigenvalue weighted by molar-refractivity contribution is 7.89. The molecular formula is C19H27N3O4S. The third-order valence-corrected chi connectivity index (χ3v) is 7.25. The quantitative estimate of drug-likeness (QED) is 0.781. The van der Waals surface area contributed by atoms with Gasteiger partial charge in [-0.2, -0.15) is 4.31 Å². The predicted molar refractivity (Wildman–Crippen MR) is 101 cm³/mol. The van der Waals surface area contributed by atoms with E-state index >= 15 is 0 Å².